The molecule has 0 aromatic carbocycles. The summed E-state index contributed by atoms with van der Waals surface area (Å²) in [6, 6.07) is 6.13. The smallest absolute Gasteiger partial charge is 0.151 e. The minimum absolute atomic E-state index is 0.177. The molecule has 8 heteroatoms. The lowest BCUT2D eigenvalue weighted by Gasteiger charge is -2.36. The third-order valence-electron chi connectivity index (χ3n) is 5.01. The van der Waals surface area contributed by atoms with E-state index in [2.05, 4.69) is 34.9 Å². The van der Waals surface area contributed by atoms with Crippen molar-refractivity contribution in [1.82, 2.24) is 20.2 Å². The van der Waals surface area contributed by atoms with Crippen molar-refractivity contribution in [3.63, 3.8) is 0 Å². The van der Waals surface area contributed by atoms with Crippen molar-refractivity contribution in [2.45, 2.75) is 18.9 Å². The van der Waals surface area contributed by atoms with Gasteiger partial charge < -0.3 is 19.8 Å². The van der Waals surface area contributed by atoms with Gasteiger partial charge in [-0.3, -0.25) is 0 Å². The van der Waals surface area contributed by atoms with E-state index in [1.807, 2.05) is 18.2 Å². The standard InChI is InChI=1S/C17H23N7O/c25-12-14-3-2-6-24(14)17-11-16(18-13-19-17)23-9-7-22(8-10-23)15-4-1-5-20-21-15/h1,4-5,11,13-14,25H,2-3,6-10,12H2/t14-/m1/s1. The highest BCUT2D eigenvalue weighted by molar-refractivity contribution is 5.52. The lowest BCUT2D eigenvalue weighted by molar-refractivity contribution is 0.266. The zero-order valence-electron chi connectivity index (χ0n) is 14.2. The van der Waals surface area contributed by atoms with Crippen molar-refractivity contribution in [3.8, 4) is 0 Å². The molecule has 25 heavy (non-hydrogen) atoms. The van der Waals surface area contributed by atoms with Crippen LogP contribution in [0.4, 0.5) is 17.5 Å². The van der Waals surface area contributed by atoms with Crippen LogP contribution in [0, 0.1) is 0 Å². The highest BCUT2D eigenvalue weighted by atomic mass is 16.3. The summed E-state index contributed by atoms with van der Waals surface area (Å²) < 4.78 is 0. The van der Waals surface area contributed by atoms with E-state index in [1.54, 1.807) is 12.5 Å². The van der Waals surface area contributed by atoms with Gasteiger partial charge in [-0.25, -0.2) is 9.97 Å². The molecule has 1 N–H and O–H groups in total. The Balaban J connectivity index is 1.44. The highest BCUT2D eigenvalue weighted by Gasteiger charge is 2.26. The molecule has 4 heterocycles. The maximum atomic E-state index is 9.54. The topological polar surface area (TPSA) is 81.5 Å². The van der Waals surface area contributed by atoms with Crippen molar-refractivity contribution in [3.05, 3.63) is 30.7 Å². The predicted octanol–water partition coefficient (Wildman–Crippen LogP) is 0.554. The van der Waals surface area contributed by atoms with Crippen LogP contribution in [0.15, 0.2) is 30.7 Å². The molecule has 4 rings (SSSR count). The summed E-state index contributed by atoms with van der Waals surface area (Å²) in [5.41, 5.74) is 0. The van der Waals surface area contributed by atoms with Crippen LogP contribution in [0.5, 0.6) is 0 Å². The zero-order valence-corrected chi connectivity index (χ0v) is 14.2. The SMILES string of the molecule is OC[C@H]1CCCN1c1cc(N2CCN(c3cccnn3)CC2)ncn1. The van der Waals surface area contributed by atoms with Gasteiger partial charge in [0.15, 0.2) is 5.82 Å². The lowest BCUT2D eigenvalue weighted by Crippen LogP contribution is -2.47. The van der Waals surface area contributed by atoms with Gasteiger partial charge in [-0.1, -0.05) is 0 Å². The third-order valence-corrected chi connectivity index (χ3v) is 5.01. The van der Waals surface area contributed by atoms with E-state index in [-0.39, 0.29) is 12.6 Å². The van der Waals surface area contributed by atoms with Crippen molar-refractivity contribution in [1.29, 1.82) is 0 Å². The molecule has 2 saturated heterocycles. The van der Waals surface area contributed by atoms with Crippen LogP contribution >= 0.6 is 0 Å². The first-order valence-corrected chi connectivity index (χ1v) is 8.82. The third kappa shape index (κ3) is 3.34. The maximum Gasteiger partial charge on any atom is 0.151 e. The largest absolute Gasteiger partial charge is 0.394 e. The van der Waals surface area contributed by atoms with Crippen molar-refractivity contribution < 1.29 is 5.11 Å². The molecule has 2 fully saturated rings. The maximum absolute atomic E-state index is 9.54. The van der Waals surface area contributed by atoms with Crippen molar-refractivity contribution >= 4 is 17.5 Å². The quantitative estimate of drug-likeness (QED) is 0.864. The monoisotopic (exact) mass is 341 g/mol. The first-order chi connectivity index (χ1) is 12.3. The average Bonchev–Trinajstić information content (AvgIpc) is 3.18. The molecule has 0 bridgehead atoms. The fourth-order valence-electron chi connectivity index (χ4n) is 3.62. The molecule has 2 aliphatic rings. The Kier molecular flexibility index (Phi) is 4.60. The van der Waals surface area contributed by atoms with Gasteiger partial charge in [-0.2, -0.15) is 5.10 Å². The van der Waals surface area contributed by atoms with Crippen LogP contribution in [-0.2, 0) is 0 Å². The Morgan fingerprint density at radius 3 is 2.48 bits per heavy atom. The molecule has 2 aromatic rings. The zero-order chi connectivity index (χ0) is 17.1. The van der Waals surface area contributed by atoms with Crippen LogP contribution in [0.1, 0.15) is 12.8 Å². The number of hydrogen-bond donors (Lipinski definition) is 1. The van der Waals surface area contributed by atoms with Gasteiger partial charge in [-0.05, 0) is 25.0 Å². The summed E-state index contributed by atoms with van der Waals surface area (Å²) in [5, 5.41) is 17.7. The van der Waals surface area contributed by atoms with Gasteiger partial charge in [0.2, 0.25) is 0 Å². The number of aromatic nitrogens is 4. The normalized spacial score (nSPS) is 21.0. The summed E-state index contributed by atoms with van der Waals surface area (Å²) >= 11 is 0. The van der Waals surface area contributed by atoms with Crippen LogP contribution < -0.4 is 14.7 Å². The molecule has 2 aromatic heterocycles. The number of hydrogen-bond acceptors (Lipinski definition) is 8. The number of rotatable bonds is 4. The van der Waals surface area contributed by atoms with Crippen molar-refractivity contribution in [2.24, 2.45) is 0 Å². The Morgan fingerprint density at radius 1 is 1.00 bits per heavy atom. The first-order valence-electron chi connectivity index (χ1n) is 8.82. The fourth-order valence-corrected chi connectivity index (χ4v) is 3.62. The molecular formula is C17H23N7O. The molecule has 2 aliphatic heterocycles. The van der Waals surface area contributed by atoms with Crippen LogP contribution in [0.3, 0.4) is 0 Å². The summed E-state index contributed by atoms with van der Waals surface area (Å²) in [6.07, 6.45) is 5.45. The molecule has 0 unspecified atom stereocenters. The number of aliphatic hydroxyl groups excluding tert-OH is 1. The Hall–Kier alpha value is -2.48. The molecule has 1 atom stereocenters. The van der Waals surface area contributed by atoms with E-state index in [1.165, 1.54) is 0 Å². The van der Waals surface area contributed by atoms with Crippen LogP contribution in [0.2, 0.25) is 0 Å². The second-order valence-electron chi connectivity index (χ2n) is 6.46. The molecule has 132 valence electrons. The molecule has 0 amide bonds. The van der Waals surface area contributed by atoms with Gasteiger partial charge >= 0.3 is 0 Å². The van der Waals surface area contributed by atoms with Gasteiger partial charge in [0.05, 0.1) is 12.6 Å². The lowest BCUT2D eigenvalue weighted by atomic mass is 10.2. The highest BCUT2D eigenvalue weighted by Crippen LogP contribution is 2.26. The van der Waals surface area contributed by atoms with E-state index < -0.39 is 0 Å². The van der Waals surface area contributed by atoms with E-state index >= 15 is 0 Å². The van der Waals surface area contributed by atoms with Crippen LogP contribution in [-0.4, -0.2) is 70.6 Å². The number of nitrogens with zero attached hydrogens (tertiary/aromatic N) is 7. The summed E-state index contributed by atoms with van der Waals surface area (Å²) in [7, 11) is 0. The van der Waals surface area contributed by atoms with E-state index in [0.717, 1.165) is 63.0 Å². The van der Waals surface area contributed by atoms with Crippen molar-refractivity contribution in [2.75, 3.05) is 54.0 Å². The van der Waals surface area contributed by atoms with E-state index in [4.69, 9.17) is 0 Å². The van der Waals surface area contributed by atoms with Gasteiger partial charge in [0.25, 0.3) is 0 Å². The minimum Gasteiger partial charge on any atom is -0.394 e. The second kappa shape index (κ2) is 7.18. The van der Waals surface area contributed by atoms with Gasteiger partial charge in [0, 0.05) is 45.0 Å². The van der Waals surface area contributed by atoms with Gasteiger partial charge in [-0.15, -0.1) is 5.10 Å². The molecular weight excluding hydrogens is 318 g/mol. The average molecular weight is 341 g/mol. The van der Waals surface area contributed by atoms with E-state index in [9.17, 15) is 5.11 Å². The van der Waals surface area contributed by atoms with Gasteiger partial charge in [0.1, 0.15) is 18.0 Å². The summed E-state index contributed by atoms with van der Waals surface area (Å²) in [5.74, 6) is 2.79. The Labute approximate surface area is 147 Å². The number of aliphatic hydroxyl groups is 1. The summed E-state index contributed by atoms with van der Waals surface area (Å²) in [6.45, 7) is 4.67. The molecule has 0 radical (unpaired) electrons. The summed E-state index contributed by atoms with van der Waals surface area (Å²) in [4.78, 5) is 15.6. The Morgan fingerprint density at radius 2 is 1.76 bits per heavy atom. The predicted molar refractivity (Wildman–Crippen MR) is 95.9 cm³/mol. The number of piperazine rings is 1. The molecule has 0 saturated carbocycles. The molecule has 8 nitrogen and oxygen atoms in total. The molecule has 0 spiro atoms. The molecule has 0 aliphatic carbocycles. The minimum atomic E-state index is 0.177. The second-order valence-corrected chi connectivity index (χ2v) is 6.46. The first kappa shape index (κ1) is 16.0. The van der Waals surface area contributed by atoms with E-state index in [0.29, 0.717) is 0 Å². The fraction of sp³-hybridized carbons (Fsp3) is 0.529. The van der Waals surface area contributed by atoms with Crippen LogP contribution in [0.25, 0.3) is 0 Å². The Bertz CT molecular complexity index is 690. The number of anilines is 3.